The van der Waals surface area contributed by atoms with Crippen molar-refractivity contribution < 1.29 is 9.21 Å². The number of thioether (sulfide) groups is 1. The molecule has 0 bridgehead atoms. The van der Waals surface area contributed by atoms with Crippen molar-refractivity contribution in [3.8, 4) is 0 Å². The molecule has 5 nitrogen and oxygen atoms in total. The van der Waals surface area contributed by atoms with Crippen LogP contribution < -0.4 is 4.90 Å². The van der Waals surface area contributed by atoms with Crippen molar-refractivity contribution in [2.24, 2.45) is 4.99 Å². The van der Waals surface area contributed by atoms with Crippen LogP contribution in [0.3, 0.4) is 0 Å². The van der Waals surface area contributed by atoms with E-state index in [0.29, 0.717) is 16.6 Å². The Kier molecular flexibility index (Phi) is 5.93. The number of aliphatic imine (C=N–C) groups is 1. The monoisotopic (exact) mass is 483 g/mol. The summed E-state index contributed by atoms with van der Waals surface area (Å²) in [6.07, 6.45) is 5.92. The van der Waals surface area contributed by atoms with Gasteiger partial charge >= 0.3 is 0 Å². The maximum atomic E-state index is 13.5. The molecule has 2 aromatic carbocycles. The molecular formula is C29H29N3O2S. The van der Waals surface area contributed by atoms with E-state index in [1.807, 2.05) is 48.5 Å². The molecule has 1 saturated heterocycles. The largest absolute Gasteiger partial charge is 0.467 e. The van der Waals surface area contributed by atoms with E-state index in [9.17, 15) is 4.79 Å². The van der Waals surface area contributed by atoms with Crippen molar-refractivity contribution >= 4 is 45.9 Å². The summed E-state index contributed by atoms with van der Waals surface area (Å²) in [4.78, 5) is 23.0. The highest BCUT2D eigenvalue weighted by molar-refractivity contribution is 8.18. The third-order valence-corrected chi connectivity index (χ3v) is 7.66. The number of aryl methyl sites for hydroxylation is 1. The molecule has 2 aliphatic heterocycles. The molecule has 6 heteroatoms. The zero-order valence-electron chi connectivity index (χ0n) is 20.7. The lowest BCUT2D eigenvalue weighted by molar-refractivity contribution is -0.122. The Morgan fingerprint density at radius 2 is 1.86 bits per heavy atom. The third-order valence-electron chi connectivity index (χ3n) is 6.65. The number of furan rings is 1. The number of benzene rings is 2. The van der Waals surface area contributed by atoms with E-state index in [4.69, 9.17) is 9.41 Å². The highest BCUT2D eigenvalue weighted by Crippen LogP contribution is 2.41. The van der Waals surface area contributed by atoms with E-state index < -0.39 is 0 Å². The van der Waals surface area contributed by atoms with Crippen LogP contribution in [0.5, 0.6) is 0 Å². The summed E-state index contributed by atoms with van der Waals surface area (Å²) >= 11 is 1.41. The van der Waals surface area contributed by atoms with Crippen molar-refractivity contribution in [3.63, 3.8) is 0 Å². The van der Waals surface area contributed by atoms with Gasteiger partial charge in [-0.3, -0.25) is 9.69 Å². The molecule has 178 valence electrons. The molecule has 0 unspecified atom stereocenters. The number of carbonyl (C=O) groups is 1. The predicted octanol–water partition coefficient (Wildman–Crippen LogP) is 7.02. The smallest absolute Gasteiger partial charge is 0.267 e. The van der Waals surface area contributed by atoms with E-state index in [1.54, 1.807) is 11.2 Å². The molecule has 0 N–H and O–H groups in total. The Morgan fingerprint density at radius 1 is 1.09 bits per heavy atom. The molecule has 0 radical (unpaired) electrons. The average molecular weight is 484 g/mol. The number of hydrogen-bond donors (Lipinski definition) is 0. The fourth-order valence-electron chi connectivity index (χ4n) is 4.52. The number of allylic oxidation sites excluding steroid dienone is 1. The lowest BCUT2D eigenvalue weighted by Crippen LogP contribution is -2.42. The van der Waals surface area contributed by atoms with Crippen LogP contribution in [-0.2, 0) is 11.3 Å². The highest BCUT2D eigenvalue weighted by atomic mass is 32.2. The van der Waals surface area contributed by atoms with Crippen LogP contribution in [0.15, 0.2) is 81.3 Å². The fraction of sp³-hybridized carbons (Fsp3) is 0.241. The molecular weight excluding hydrogens is 454 g/mol. The molecule has 0 spiro atoms. The zero-order chi connectivity index (χ0) is 24.7. The molecule has 2 aliphatic rings. The molecule has 35 heavy (non-hydrogen) atoms. The van der Waals surface area contributed by atoms with Crippen LogP contribution in [-0.4, -0.2) is 28.6 Å². The second kappa shape index (κ2) is 8.93. The van der Waals surface area contributed by atoms with Gasteiger partial charge in [0.05, 0.1) is 28.9 Å². The van der Waals surface area contributed by atoms with Gasteiger partial charge in [-0.1, -0.05) is 24.3 Å². The summed E-state index contributed by atoms with van der Waals surface area (Å²) in [5.41, 5.74) is 6.60. The number of carbonyl (C=O) groups excluding carboxylic acids is 1. The van der Waals surface area contributed by atoms with Crippen LogP contribution in [0.4, 0.5) is 11.4 Å². The number of amidine groups is 1. The van der Waals surface area contributed by atoms with Crippen molar-refractivity contribution in [3.05, 3.63) is 94.3 Å². The summed E-state index contributed by atoms with van der Waals surface area (Å²) in [6.45, 7) is 9.04. The second-order valence-corrected chi connectivity index (χ2v) is 10.6. The van der Waals surface area contributed by atoms with Gasteiger partial charge in [-0.2, -0.15) is 0 Å². The van der Waals surface area contributed by atoms with Gasteiger partial charge in [0.1, 0.15) is 5.76 Å². The first-order valence-electron chi connectivity index (χ1n) is 11.7. The molecule has 1 amide bonds. The molecule has 0 atom stereocenters. The average Bonchev–Trinajstić information content (AvgIpc) is 3.43. The number of amides is 1. The summed E-state index contributed by atoms with van der Waals surface area (Å²) in [5.74, 6) is 0.654. The maximum absolute atomic E-state index is 13.5. The minimum atomic E-state index is -0.0660. The quantitative estimate of drug-likeness (QED) is 0.374. The van der Waals surface area contributed by atoms with Crippen molar-refractivity contribution in [2.45, 2.75) is 39.8 Å². The summed E-state index contributed by atoms with van der Waals surface area (Å²) in [5, 5.41) is 0.650. The van der Waals surface area contributed by atoms with Gasteiger partial charge in [0.2, 0.25) is 0 Å². The summed E-state index contributed by atoms with van der Waals surface area (Å²) < 4.78 is 5.53. The van der Waals surface area contributed by atoms with Gasteiger partial charge in [-0.15, -0.1) is 0 Å². The summed E-state index contributed by atoms with van der Waals surface area (Å²) in [6, 6.07) is 17.8. The first kappa shape index (κ1) is 23.2. The van der Waals surface area contributed by atoms with Gasteiger partial charge in [0, 0.05) is 18.3 Å². The van der Waals surface area contributed by atoms with E-state index in [0.717, 1.165) is 22.6 Å². The molecule has 1 fully saturated rings. The van der Waals surface area contributed by atoms with Crippen LogP contribution >= 0.6 is 11.8 Å². The van der Waals surface area contributed by atoms with Gasteiger partial charge in [0.25, 0.3) is 5.91 Å². The molecule has 0 aliphatic carbocycles. The molecule has 0 saturated carbocycles. The zero-order valence-corrected chi connectivity index (χ0v) is 21.5. The van der Waals surface area contributed by atoms with E-state index in [-0.39, 0.29) is 11.4 Å². The van der Waals surface area contributed by atoms with Gasteiger partial charge in [0.15, 0.2) is 5.17 Å². The SMILES string of the molecule is CC1=CC(C)(C)N(C)c2cc(C)c(/C=C3/SC(=Nc4ccccc4)N(Cc4ccco4)C3=O)cc21. The molecule has 3 aromatic rings. The number of fused-ring (bicyclic) bond motifs is 1. The lowest BCUT2D eigenvalue weighted by atomic mass is 9.87. The highest BCUT2D eigenvalue weighted by Gasteiger charge is 2.35. The van der Waals surface area contributed by atoms with Crippen LogP contribution in [0, 0.1) is 6.92 Å². The molecule has 1 aromatic heterocycles. The lowest BCUT2D eigenvalue weighted by Gasteiger charge is -2.41. The fourth-order valence-corrected chi connectivity index (χ4v) is 5.51. The standard InChI is InChI=1S/C29H29N3O2S/c1-19-14-25-24(20(2)17-29(3,4)31(25)5)15-21(19)16-26-27(33)32(18-23-12-9-13-34-23)28(35-26)30-22-10-7-6-8-11-22/h6-17H,18H2,1-5H3/b26-16+,30-28?. The molecule has 5 rings (SSSR count). The van der Waals surface area contributed by atoms with Crippen molar-refractivity contribution in [2.75, 3.05) is 11.9 Å². The Bertz CT molecular complexity index is 1370. The second-order valence-electron chi connectivity index (χ2n) is 9.58. The number of rotatable bonds is 4. The Balaban J connectivity index is 1.54. The van der Waals surface area contributed by atoms with Crippen molar-refractivity contribution in [1.82, 2.24) is 4.90 Å². The Hall–Kier alpha value is -3.51. The number of likely N-dealkylation sites (N-methyl/N-ethyl adjacent to an activating group) is 1. The topological polar surface area (TPSA) is 49.0 Å². The number of anilines is 1. The van der Waals surface area contributed by atoms with Gasteiger partial charge < -0.3 is 9.32 Å². The predicted molar refractivity (Wildman–Crippen MR) is 146 cm³/mol. The number of hydrogen-bond acceptors (Lipinski definition) is 5. The first-order valence-corrected chi connectivity index (χ1v) is 12.5. The normalized spacial score (nSPS) is 19.5. The van der Waals surface area contributed by atoms with E-state index >= 15 is 0 Å². The van der Waals surface area contributed by atoms with Gasteiger partial charge in [-0.25, -0.2) is 4.99 Å². The van der Waals surface area contributed by atoms with Crippen LogP contribution in [0.1, 0.15) is 43.2 Å². The first-order chi connectivity index (χ1) is 16.7. The van der Waals surface area contributed by atoms with Gasteiger partial charge in [-0.05, 0) is 98.6 Å². The maximum Gasteiger partial charge on any atom is 0.267 e. The Morgan fingerprint density at radius 3 is 2.57 bits per heavy atom. The van der Waals surface area contributed by atoms with Crippen LogP contribution in [0.25, 0.3) is 11.6 Å². The van der Waals surface area contributed by atoms with E-state index in [2.05, 4.69) is 57.9 Å². The third kappa shape index (κ3) is 4.46. The summed E-state index contributed by atoms with van der Waals surface area (Å²) in [7, 11) is 2.13. The van der Waals surface area contributed by atoms with Crippen LogP contribution in [0.2, 0.25) is 0 Å². The molecule has 3 heterocycles. The Labute approximate surface area is 210 Å². The minimum absolute atomic E-state index is 0.0457. The minimum Gasteiger partial charge on any atom is -0.467 e. The van der Waals surface area contributed by atoms with E-state index in [1.165, 1.54) is 28.6 Å². The van der Waals surface area contributed by atoms with Crippen molar-refractivity contribution in [1.29, 1.82) is 0 Å². The number of nitrogens with zero attached hydrogens (tertiary/aromatic N) is 3. The number of para-hydroxylation sites is 1.